The first-order valence-electron chi connectivity index (χ1n) is 9.70. The minimum absolute atomic E-state index is 0.237. The third-order valence-electron chi connectivity index (χ3n) is 5.70. The Labute approximate surface area is 159 Å². The normalized spacial score (nSPS) is 18.9. The number of anilines is 1. The summed E-state index contributed by atoms with van der Waals surface area (Å²) >= 11 is 0. The molecule has 148 valence electrons. The number of nitrogens with zero attached hydrogens (tertiary/aromatic N) is 2. The van der Waals surface area contributed by atoms with Crippen molar-refractivity contribution in [3.05, 3.63) is 23.6 Å². The molecular weight excluding hydrogens is 349 g/mol. The molecular formula is C19H28FN5O2. The number of rotatable bonds is 4. The van der Waals surface area contributed by atoms with Crippen LogP contribution in [0.4, 0.5) is 15.0 Å². The van der Waals surface area contributed by atoms with Crippen molar-refractivity contribution in [2.45, 2.75) is 51.6 Å². The number of piperidine rings is 1. The van der Waals surface area contributed by atoms with Gasteiger partial charge in [-0.05, 0) is 30.7 Å². The molecule has 0 unspecified atom stereocenters. The number of nitrogens with one attached hydrogen (secondary N) is 2. The number of halogens is 1. The molecule has 0 spiro atoms. The van der Waals surface area contributed by atoms with E-state index in [1.54, 1.807) is 0 Å². The van der Waals surface area contributed by atoms with Crippen molar-refractivity contribution in [3.8, 4) is 0 Å². The predicted molar refractivity (Wildman–Crippen MR) is 101 cm³/mol. The van der Waals surface area contributed by atoms with Crippen LogP contribution in [0.2, 0.25) is 0 Å². The number of carbonyl (C=O) groups is 1. The molecule has 0 radical (unpaired) electrons. The molecule has 7 nitrogen and oxygen atoms in total. The number of aromatic nitrogens is 1. The maximum Gasteiger partial charge on any atom is 0.414 e. The molecule has 0 atom stereocenters. The molecule has 1 saturated carbocycles. The van der Waals surface area contributed by atoms with E-state index in [2.05, 4.69) is 4.98 Å². The second-order valence-electron chi connectivity index (χ2n) is 7.45. The molecule has 0 aromatic carbocycles. The van der Waals surface area contributed by atoms with Crippen molar-refractivity contribution in [2.75, 3.05) is 18.0 Å². The van der Waals surface area contributed by atoms with E-state index in [0.29, 0.717) is 5.82 Å². The monoisotopic (exact) mass is 377 g/mol. The Morgan fingerprint density at radius 3 is 2.59 bits per heavy atom. The highest BCUT2D eigenvalue weighted by Crippen LogP contribution is 2.36. The molecule has 1 aliphatic heterocycles. The quantitative estimate of drug-likeness (QED) is 0.552. The molecule has 4 N–H and O–H groups in total. The van der Waals surface area contributed by atoms with E-state index in [9.17, 15) is 9.18 Å². The van der Waals surface area contributed by atoms with Gasteiger partial charge in [-0.15, -0.1) is 0 Å². The minimum atomic E-state index is -0.881. The average Bonchev–Trinajstić information content (AvgIpc) is 2.67. The van der Waals surface area contributed by atoms with E-state index in [4.69, 9.17) is 15.9 Å². The summed E-state index contributed by atoms with van der Waals surface area (Å²) in [4.78, 5) is 17.6. The highest BCUT2D eigenvalue weighted by atomic mass is 19.1. The van der Waals surface area contributed by atoms with Crippen LogP contribution in [0.25, 0.3) is 0 Å². The summed E-state index contributed by atoms with van der Waals surface area (Å²) in [6.07, 6.45) is 9.55. The Hall–Kier alpha value is -2.38. The number of nitrogens with two attached hydrogens (primary N) is 1. The molecule has 1 amide bonds. The van der Waals surface area contributed by atoms with E-state index in [0.717, 1.165) is 37.8 Å². The van der Waals surface area contributed by atoms with Crippen LogP contribution >= 0.6 is 0 Å². The number of guanidine groups is 1. The predicted octanol–water partition coefficient (Wildman–Crippen LogP) is 3.14. The maximum atomic E-state index is 14.8. The Bertz CT molecular complexity index is 670. The molecule has 1 aromatic heterocycles. The second kappa shape index (κ2) is 9.01. The average molecular weight is 377 g/mol. The van der Waals surface area contributed by atoms with Gasteiger partial charge >= 0.3 is 6.09 Å². The maximum absolute atomic E-state index is 14.8. The van der Waals surface area contributed by atoms with Crippen molar-refractivity contribution in [2.24, 2.45) is 17.6 Å². The SMILES string of the molecule is N=C(N)NC(=O)OCc1ccnc(N2CCC(C3CCCCC3)CC2)c1F. The van der Waals surface area contributed by atoms with Gasteiger partial charge in [0.2, 0.25) is 0 Å². The summed E-state index contributed by atoms with van der Waals surface area (Å²) in [5.74, 6) is 0.927. The molecule has 0 bridgehead atoms. The zero-order valence-electron chi connectivity index (χ0n) is 15.5. The first kappa shape index (κ1) is 19.4. The van der Waals surface area contributed by atoms with Crippen molar-refractivity contribution >= 4 is 17.9 Å². The van der Waals surface area contributed by atoms with Gasteiger partial charge in [0.05, 0.1) is 0 Å². The zero-order chi connectivity index (χ0) is 19.2. The fourth-order valence-electron chi connectivity index (χ4n) is 4.28. The van der Waals surface area contributed by atoms with Crippen LogP contribution in [0.5, 0.6) is 0 Å². The van der Waals surface area contributed by atoms with Crippen LogP contribution < -0.4 is 16.0 Å². The van der Waals surface area contributed by atoms with Crippen molar-refractivity contribution < 1.29 is 13.9 Å². The molecule has 2 heterocycles. The van der Waals surface area contributed by atoms with Gasteiger partial charge in [-0.1, -0.05) is 32.1 Å². The van der Waals surface area contributed by atoms with E-state index < -0.39 is 17.9 Å². The summed E-state index contributed by atoms with van der Waals surface area (Å²) in [5, 5.41) is 8.98. The van der Waals surface area contributed by atoms with Crippen molar-refractivity contribution in [1.29, 1.82) is 5.41 Å². The number of alkyl carbamates (subject to hydrolysis) is 1. The molecule has 2 aliphatic rings. The van der Waals surface area contributed by atoms with Gasteiger partial charge in [-0.2, -0.15) is 0 Å². The summed E-state index contributed by atoms with van der Waals surface area (Å²) < 4.78 is 19.7. The lowest BCUT2D eigenvalue weighted by atomic mass is 9.76. The topological polar surface area (TPSA) is 104 Å². The van der Waals surface area contributed by atoms with Crippen LogP contribution in [-0.4, -0.2) is 30.1 Å². The first-order valence-corrected chi connectivity index (χ1v) is 9.70. The van der Waals surface area contributed by atoms with Crippen LogP contribution in [0.3, 0.4) is 0 Å². The van der Waals surface area contributed by atoms with Crippen LogP contribution in [0, 0.1) is 23.1 Å². The largest absolute Gasteiger partial charge is 0.444 e. The molecule has 1 saturated heterocycles. The molecule has 2 fully saturated rings. The van der Waals surface area contributed by atoms with Gasteiger partial charge in [0.25, 0.3) is 0 Å². The van der Waals surface area contributed by atoms with Gasteiger partial charge < -0.3 is 15.4 Å². The van der Waals surface area contributed by atoms with Crippen molar-refractivity contribution in [3.63, 3.8) is 0 Å². The molecule has 1 aromatic rings. The molecule has 1 aliphatic carbocycles. The van der Waals surface area contributed by atoms with Gasteiger partial charge in [-0.3, -0.25) is 10.7 Å². The summed E-state index contributed by atoms with van der Waals surface area (Å²) in [7, 11) is 0. The highest BCUT2D eigenvalue weighted by Gasteiger charge is 2.29. The number of pyridine rings is 1. The van der Waals surface area contributed by atoms with Crippen LogP contribution in [-0.2, 0) is 11.3 Å². The Morgan fingerprint density at radius 2 is 1.93 bits per heavy atom. The highest BCUT2D eigenvalue weighted by molar-refractivity contribution is 5.90. The van der Waals surface area contributed by atoms with Gasteiger partial charge in [0, 0.05) is 24.8 Å². The molecule has 8 heteroatoms. The summed E-state index contributed by atoms with van der Waals surface area (Å²) in [5.41, 5.74) is 5.32. The Balaban J connectivity index is 1.57. The standard InChI is InChI=1S/C19H28FN5O2/c20-16-15(12-27-19(26)24-18(21)22)6-9-23-17(16)25-10-7-14(8-11-25)13-4-2-1-3-5-13/h6,9,13-14H,1-5,7-8,10-12H2,(H4,21,22,24,26). The second-order valence-corrected chi connectivity index (χ2v) is 7.45. The zero-order valence-corrected chi connectivity index (χ0v) is 15.5. The fraction of sp³-hybridized carbons (Fsp3) is 0.632. The Morgan fingerprint density at radius 1 is 1.26 bits per heavy atom. The Kier molecular flexibility index (Phi) is 6.47. The number of hydrogen-bond donors (Lipinski definition) is 3. The number of amides is 1. The van der Waals surface area contributed by atoms with Crippen LogP contribution in [0.15, 0.2) is 12.3 Å². The third-order valence-corrected chi connectivity index (χ3v) is 5.70. The minimum Gasteiger partial charge on any atom is -0.444 e. The van der Waals surface area contributed by atoms with Gasteiger partial charge in [-0.25, -0.2) is 14.2 Å². The number of carbonyl (C=O) groups excluding carboxylic acids is 1. The first-order chi connectivity index (χ1) is 13.0. The lowest BCUT2D eigenvalue weighted by molar-refractivity contribution is 0.143. The smallest absolute Gasteiger partial charge is 0.414 e. The van der Waals surface area contributed by atoms with Gasteiger partial charge in [0.1, 0.15) is 6.61 Å². The van der Waals surface area contributed by atoms with E-state index in [-0.39, 0.29) is 12.2 Å². The van der Waals surface area contributed by atoms with E-state index >= 15 is 0 Å². The van der Waals surface area contributed by atoms with Gasteiger partial charge in [0.15, 0.2) is 17.6 Å². The van der Waals surface area contributed by atoms with E-state index in [1.807, 2.05) is 10.2 Å². The lowest BCUT2D eigenvalue weighted by Gasteiger charge is -2.38. The summed E-state index contributed by atoms with van der Waals surface area (Å²) in [6.45, 7) is 1.37. The van der Waals surface area contributed by atoms with Crippen LogP contribution in [0.1, 0.15) is 50.5 Å². The van der Waals surface area contributed by atoms with E-state index in [1.165, 1.54) is 44.4 Å². The summed E-state index contributed by atoms with van der Waals surface area (Å²) in [6, 6.07) is 1.49. The lowest BCUT2D eigenvalue weighted by Crippen LogP contribution is -2.37. The fourth-order valence-corrected chi connectivity index (χ4v) is 4.28. The number of hydrogen-bond acceptors (Lipinski definition) is 5. The number of ether oxygens (including phenoxy) is 1. The molecule has 27 heavy (non-hydrogen) atoms. The van der Waals surface area contributed by atoms with Crippen molar-refractivity contribution in [1.82, 2.24) is 10.3 Å². The third kappa shape index (κ3) is 5.08. The molecule has 3 rings (SSSR count).